The van der Waals surface area contributed by atoms with E-state index < -0.39 is 11.6 Å². The van der Waals surface area contributed by atoms with Crippen LogP contribution in [0, 0.1) is 0 Å². The molecule has 0 spiro atoms. The first-order valence-corrected chi connectivity index (χ1v) is 7.40. The molecule has 1 unspecified atom stereocenters. The maximum atomic E-state index is 12.2. The minimum absolute atomic E-state index is 0.00102. The molecule has 0 heterocycles. The number of carboxylic acid groups (broad SMARTS) is 1. The van der Waals surface area contributed by atoms with E-state index in [-0.39, 0.29) is 18.6 Å². The van der Waals surface area contributed by atoms with Crippen LogP contribution in [-0.2, 0) is 16.0 Å². The summed E-state index contributed by atoms with van der Waals surface area (Å²) in [6, 6.07) is 7.21. The second-order valence-electron chi connectivity index (χ2n) is 6.33. The van der Waals surface area contributed by atoms with Crippen LogP contribution in [0.3, 0.4) is 0 Å². The molecule has 0 aliphatic rings. The largest absolute Gasteiger partial charge is 0.481 e. The zero-order chi connectivity index (χ0) is 16.9. The zero-order valence-corrected chi connectivity index (χ0v) is 13.9. The predicted molar refractivity (Wildman–Crippen MR) is 84.8 cm³/mol. The molecule has 1 aromatic carbocycles. The zero-order valence-electron chi connectivity index (χ0n) is 13.9. The summed E-state index contributed by atoms with van der Waals surface area (Å²) in [5.74, 6) is -0.856. The molecular weight excluding hydrogens is 282 g/mol. The summed E-state index contributed by atoms with van der Waals surface area (Å²) in [5.41, 5.74) is 1.17. The fraction of sp³-hybridized carbons (Fsp3) is 0.529. The number of nitrogens with zero attached hydrogens (tertiary/aromatic N) is 1. The molecule has 0 aliphatic carbocycles. The van der Waals surface area contributed by atoms with Crippen LogP contribution in [0.15, 0.2) is 24.3 Å². The molecule has 0 fully saturated rings. The van der Waals surface area contributed by atoms with Gasteiger partial charge in [-0.2, -0.15) is 0 Å². The molecular formula is C17H25NO4. The maximum Gasteiger partial charge on any atom is 0.410 e. The lowest BCUT2D eigenvalue weighted by molar-refractivity contribution is -0.136. The maximum absolute atomic E-state index is 12.2. The molecule has 1 N–H and O–H groups in total. The first-order valence-electron chi connectivity index (χ1n) is 7.40. The molecule has 1 rings (SSSR count). The Morgan fingerprint density at radius 1 is 1.23 bits per heavy atom. The van der Waals surface area contributed by atoms with Crippen LogP contribution in [0.1, 0.15) is 51.3 Å². The van der Waals surface area contributed by atoms with Gasteiger partial charge in [-0.25, -0.2) is 4.79 Å². The summed E-state index contributed by atoms with van der Waals surface area (Å²) >= 11 is 0. The second kappa shape index (κ2) is 7.29. The molecule has 0 radical (unpaired) electrons. The molecule has 0 saturated heterocycles. The molecule has 0 aliphatic heterocycles. The van der Waals surface area contributed by atoms with E-state index in [0.29, 0.717) is 0 Å². The Kier molecular flexibility index (Phi) is 5.97. The van der Waals surface area contributed by atoms with Crippen LogP contribution < -0.4 is 0 Å². The molecule has 0 saturated carbocycles. The van der Waals surface area contributed by atoms with Gasteiger partial charge in [0.25, 0.3) is 0 Å². The van der Waals surface area contributed by atoms with Gasteiger partial charge in [-0.3, -0.25) is 4.79 Å². The lowest BCUT2D eigenvalue weighted by atomic mass is 10.0. The molecule has 0 bridgehead atoms. The molecule has 1 amide bonds. The molecule has 1 atom stereocenters. The fourth-order valence-corrected chi connectivity index (χ4v) is 2.23. The molecule has 122 valence electrons. The van der Waals surface area contributed by atoms with Gasteiger partial charge in [0, 0.05) is 7.05 Å². The van der Waals surface area contributed by atoms with E-state index in [9.17, 15) is 9.59 Å². The Balaban J connectivity index is 2.86. The van der Waals surface area contributed by atoms with E-state index in [1.165, 1.54) is 0 Å². The lowest BCUT2D eigenvalue weighted by Gasteiger charge is -2.30. The molecule has 5 heteroatoms. The summed E-state index contributed by atoms with van der Waals surface area (Å²) in [6.45, 7) is 7.50. The number of hydrogen-bond donors (Lipinski definition) is 1. The number of carbonyl (C=O) groups is 2. The van der Waals surface area contributed by atoms with E-state index in [1.807, 2.05) is 39.8 Å². The first kappa shape index (κ1) is 18.0. The number of rotatable bonds is 5. The minimum Gasteiger partial charge on any atom is -0.481 e. The van der Waals surface area contributed by atoms with Crippen molar-refractivity contribution in [3.63, 3.8) is 0 Å². The predicted octanol–water partition coefficient (Wildman–Crippen LogP) is 3.63. The van der Waals surface area contributed by atoms with E-state index >= 15 is 0 Å². The van der Waals surface area contributed by atoms with Crippen molar-refractivity contribution < 1.29 is 19.4 Å². The average molecular weight is 307 g/mol. The van der Waals surface area contributed by atoms with Crippen molar-refractivity contribution in [3.8, 4) is 0 Å². The van der Waals surface area contributed by atoms with Crippen molar-refractivity contribution in [3.05, 3.63) is 35.4 Å². The highest BCUT2D eigenvalue weighted by Crippen LogP contribution is 2.25. The van der Waals surface area contributed by atoms with Crippen LogP contribution in [0.4, 0.5) is 4.79 Å². The summed E-state index contributed by atoms with van der Waals surface area (Å²) in [5, 5.41) is 8.79. The van der Waals surface area contributed by atoms with Gasteiger partial charge in [0.1, 0.15) is 5.60 Å². The monoisotopic (exact) mass is 307 g/mol. The van der Waals surface area contributed by atoms with Crippen LogP contribution in [0.5, 0.6) is 0 Å². The topological polar surface area (TPSA) is 66.8 Å². The number of carbonyl (C=O) groups excluding carboxylic acids is 1. The van der Waals surface area contributed by atoms with E-state index in [0.717, 1.165) is 17.5 Å². The first-order chi connectivity index (χ1) is 10.1. The SMILES string of the molecule is CCC(c1ccc(CC(=O)O)cc1)N(C)C(=O)OC(C)(C)C. The molecule has 0 aromatic heterocycles. The lowest BCUT2D eigenvalue weighted by Crippen LogP contribution is -2.36. The van der Waals surface area contributed by atoms with Gasteiger partial charge in [-0.05, 0) is 38.3 Å². The Labute approximate surface area is 131 Å². The second-order valence-corrected chi connectivity index (χ2v) is 6.33. The van der Waals surface area contributed by atoms with Crippen LogP contribution in [0.25, 0.3) is 0 Å². The van der Waals surface area contributed by atoms with Crippen molar-refractivity contribution in [1.82, 2.24) is 4.90 Å². The van der Waals surface area contributed by atoms with Gasteiger partial charge in [-0.1, -0.05) is 31.2 Å². The Bertz CT molecular complexity index is 516. The highest BCUT2D eigenvalue weighted by molar-refractivity contribution is 5.70. The van der Waals surface area contributed by atoms with Gasteiger partial charge < -0.3 is 14.7 Å². The quantitative estimate of drug-likeness (QED) is 0.902. The Morgan fingerprint density at radius 3 is 2.18 bits per heavy atom. The third kappa shape index (κ3) is 5.39. The summed E-state index contributed by atoms with van der Waals surface area (Å²) in [4.78, 5) is 24.5. The highest BCUT2D eigenvalue weighted by Gasteiger charge is 2.25. The van der Waals surface area contributed by atoms with Crippen molar-refractivity contribution in [2.24, 2.45) is 0 Å². The van der Waals surface area contributed by atoms with Crippen molar-refractivity contribution >= 4 is 12.1 Å². The van der Waals surface area contributed by atoms with Gasteiger partial charge in [-0.15, -0.1) is 0 Å². The number of carboxylic acids is 1. The number of benzene rings is 1. The third-order valence-electron chi connectivity index (χ3n) is 3.26. The van der Waals surface area contributed by atoms with Gasteiger partial charge in [0.05, 0.1) is 12.5 Å². The average Bonchev–Trinajstić information content (AvgIpc) is 2.38. The van der Waals surface area contributed by atoms with E-state index in [2.05, 4.69) is 0 Å². The Hall–Kier alpha value is -2.04. The molecule has 22 heavy (non-hydrogen) atoms. The van der Waals surface area contributed by atoms with Gasteiger partial charge in [0.15, 0.2) is 0 Å². The van der Waals surface area contributed by atoms with Crippen molar-refractivity contribution in [2.75, 3.05) is 7.05 Å². The number of amides is 1. The minimum atomic E-state index is -0.856. The van der Waals surface area contributed by atoms with Gasteiger partial charge >= 0.3 is 12.1 Å². The van der Waals surface area contributed by atoms with Crippen molar-refractivity contribution in [2.45, 2.75) is 52.2 Å². The molecule has 1 aromatic rings. The van der Waals surface area contributed by atoms with Crippen LogP contribution >= 0.6 is 0 Å². The van der Waals surface area contributed by atoms with Crippen LogP contribution in [0.2, 0.25) is 0 Å². The molecule has 5 nitrogen and oxygen atoms in total. The van der Waals surface area contributed by atoms with Gasteiger partial charge in [0.2, 0.25) is 0 Å². The van der Waals surface area contributed by atoms with E-state index in [4.69, 9.17) is 9.84 Å². The van der Waals surface area contributed by atoms with Crippen LogP contribution in [-0.4, -0.2) is 34.7 Å². The summed E-state index contributed by atoms with van der Waals surface area (Å²) < 4.78 is 5.39. The van der Waals surface area contributed by atoms with Crippen molar-refractivity contribution in [1.29, 1.82) is 0 Å². The smallest absolute Gasteiger partial charge is 0.410 e. The highest BCUT2D eigenvalue weighted by atomic mass is 16.6. The fourth-order valence-electron chi connectivity index (χ4n) is 2.23. The Morgan fingerprint density at radius 2 is 1.77 bits per heavy atom. The normalized spacial score (nSPS) is 12.6. The number of hydrogen-bond acceptors (Lipinski definition) is 3. The number of ether oxygens (including phenoxy) is 1. The standard InChI is InChI=1S/C17H25NO4/c1-6-14(18(5)16(21)22-17(2,3)4)13-9-7-12(8-10-13)11-15(19)20/h7-10,14H,6,11H2,1-5H3,(H,19,20). The summed E-state index contributed by atoms with van der Waals surface area (Å²) in [7, 11) is 1.72. The summed E-state index contributed by atoms with van der Waals surface area (Å²) in [6.07, 6.45) is 0.376. The van der Waals surface area contributed by atoms with E-state index in [1.54, 1.807) is 24.1 Å². The third-order valence-corrected chi connectivity index (χ3v) is 3.26. The number of aliphatic carboxylic acids is 1.